The molecule has 2 aromatic carbocycles. The summed E-state index contributed by atoms with van der Waals surface area (Å²) in [7, 11) is 1.49. The summed E-state index contributed by atoms with van der Waals surface area (Å²) in [5.74, 6) is 0.149. The molecule has 1 amide bonds. The number of para-hydroxylation sites is 1. The molecule has 3 rings (SSSR count). The smallest absolute Gasteiger partial charge is 0.349 e. The van der Waals surface area contributed by atoms with Crippen molar-refractivity contribution in [2.45, 2.75) is 19.8 Å². The predicted octanol–water partition coefficient (Wildman–Crippen LogP) is 4.94. The Balaban J connectivity index is 2.04. The van der Waals surface area contributed by atoms with Gasteiger partial charge in [-0.3, -0.25) is 4.79 Å². The first-order valence-corrected chi connectivity index (χ1v) is 8.91. The Morgan fingerprint density at radius 3 is 2.62 bits per heavy atom. The van der Waals surface area contributed by atoms with Crippen molar-refractivity contribution in [1.29, 1.82) is 0 Å². The van der Waals surface area contributed by atoms with E-state index in [-0.39, 0.29) is 11.5 Å². The molecular formula is C20H18BrNO4. The summed E-state index contributed by atoms with van der Waals surface area (Å²) >= 11 is 3.38. The van der Waals surface area contributed by atoms with Crippen molar-refractivity contribution in [3.8, 4) is 5.75 Å². The summed E-state index contributed by atoms with van der Waals surface area (Å²) in [6.07, 6.45) is 0. The molecule has 1 heterocycles. The Morgan fingerprint density at radius 2 is 1.92 bits per heavy atom. The second-order valence-corrected chi connectivity index (χ2v) is 7.09. The Kier molecular flexibility index (Phi) is 5.13. The molecule has 0 atom stereocenters. The number of ether oxygens (including phenoxy) is 1. The van der Waals surface area contributed by atoms with E-state index < -0.39 is 11.5 Å². The van der Waals surface area contributed by atoms with Gasteiger partial charge in [-0.2, -0.15) is 0 Å². The summed E-state index contributed by atoms with van der Waals surface area (Å²) in [4.78, 5) is 25.0. The van der Waals surface area contributed by atoms with E-state index >= 15 is 0 Å². The number of rotatable bonds is 4. The van der Waals surface area contributed by atoms with Crippen LogP contribution < -0.4 is 15.7 Å². The van der Waals surface area contributed by atoms with Gasteiger partial charge in [-0.1, -0.05) is 48.0 Å². The number of hydrogen-bond acceptors (Lipinski definition) is 4. The van der Waals surface area contributed by atoms with Crippen molar-refractivity contribution in [2.24, 2.45) is 0 Å². The van der Waals surface area contributed by atoms with Crippen LogP contribution in [0.15, 0.2) is 56.1 Å². The maximum Gasteiger partial charge on any atom is 0.349 e. The Labute approximate surface area is 159 Å². The minimum atomic E-state index is -0.711. The van der Waals surface area contributed by atoms with Crippen molar-refractivity contribution in [1.82, 2.24) is 0 Å². The van der Waals surface area contributed by atoms with Gasteiger partial charge in [-0.15, -0.1) is 0 Å². The maximum atomic E-state index is 12.7. The molecule has 6 heteroatoms. The van der Waals surface area contributed by atoms with Crippen LogP contribution in [-0.2, 0) is 0 Å². The minimum Gasteiger partial charge on any atom is -0.493 e. The van der Waals surface area contributed by atoms with Crippen LogP contribution in [0, 0.1) is 0 Å². The van der Waals surface area contributed by atoms with Crippen LogP contribution in [0.4, 0.5) is 5.69 Å². The Bertz CT molecular complexity index is 1040. The summed E-state index contributed by atoms with van der Waals surface area (Å²) in [6, 6.07) is 12.5. The van der Waals surface area contributed by atoms with Crippen molar-refractivity contribution >= 4 is 38.5 Å². The van der Waals surface area contributed by atoms with Gasteiger partial charge < -0.3 is 14.5 Å². The first kappa shape index (κ1) is 18.2. The lowest BCUT2D eigenvalue weighted by Gasteiger charge is -2.13. The van der Waals surface area contributed by atoms with Gasteiger partial charge in [0.25, 0.3) is 5.91 Å². The lowest BCUT2D eigenvalue weighted by atomic mass is 10.0. The van der Waals surface area contributed by atoms with Crippen molar-refractivity contribution in [3.05, 3.63) is 68.5 Å². The molecule has 1 N–H and O–H groups in total. The molecule has 0 bridgehead atoms. The third-order valence-electron chi connectivity index (χ3n) is 4.06. The number of carbonyl (C=O) groups is 1. The number of halogens is 1. The molecule has 134 valence electrons. The predicted molar refractivity (Wildman–Crippen MR) is 105 cm³/mol. The number of methoxy groups -OCH3 is 1. The molecule has 0 aliphatic heterocycles. The molecule has 0 saturated carbocycles. The fourth-order valence-corrected chi connectivity index (χ4v) is 3.24. The lowest BCUT2D eigenvalue weighted by Crippen LogP contribution is -2.21. The van der Waals surface area contributed by atoms with Crippen LogP contribution in [0.3, 0.4) is 0 Å². The van der Waals surface area contributed by atoms with Gasteiger partial charge in [0, 0.05) is 15.5 Å². The molecule has 5 nitrogen and oxygen atoms in total. The van der Waals surface area contributed by atoms with Crippen LogP contribution in [0.25, 0.3) is 11.0 Å². The molecule has 0 aliphatic carbocycles. The molecule has 0 unspecified atom stereocenters. The lowest BCUT2D eigenvalue weighted by molar-refractivity contribution is 0.102. The fraction of sp³-hybridized carbons (Fsp3) is 0.200. The van der Waals surface area contributed by atoms with Crippen molar-refractivity contribution < 1.29 is 13.9 Å². The number of fused-ring (bicyclic) bond motifs is 1. The van der Waals surface area contributed by atoms with Crippen LogP contribution >= 0.6 is 15.9 Å². The zero-order valence-electron chi connectivity index (χ0n) is 14.6. The number of anilines is 1. The average molecular weight is 416 g/mol. The molecule has 0 spiro atoms. The van der Waals surface area contributed by atoms with E-state index in [4.69, 9.17) is 9.15 Å². The van der Waals surface area contributed by atoms with Gasteiger partial charge in [0.05, 0.1) is 7.11 Å². The van der Waals surface area contributed by atoms with Crippen LogP contribution in [0.1, 0.15) is 35.7 Å². The van der Waals surface area contributed by atoms with E-state index in [9.17, 15) is 9.59 Å². The number of hydrogen-bond donors (Lipinski definition) is 1. The number of benzene rings is 2. The number of nitrogens with one attached hydrogen (secondary N) is 1. The van der Waals surface area contributed by atoms with Gasteiger partial charge in [0.2, 0.25) is 0 Å². The topological polar surface area (TPSA) is 68.5 Å². The molecule has 3 aromatic rings. The first-order chi connectivity index (χ1) is 12.4. The van der Waals surface area contributed by atoms with Gasteiger partial charge in [-0.05, 0) is 35.7 Å². The van der Waals surface area contributed by atoms with Crippen molar-refractivity contribution in [2.75, 3.05) is 12.4 Å². The fourth-order valence-electron chi connectivity index (χ4n) is 2.78. The summed E-state index contributed by atoms with van der Waals surface area (Å²) in [6.45, 7) is 4.08. The highest BCUT2D eigenvalue weighted by atomic mass is 79.9. The first-order valence-electron chi connectivity index (χ1n) is 8.12. The summed E-state index contributed by atoms with van der Waals surface area (Å²) in [5, 5.41) is 3.41. The highest BCUT2D eigenvalue weighted by Crippen LogP contribution is 2.30. The third-order valence-corrected chi connectivity index (χ3v) is 4.52. The molecule has 1 aromatic heterocycles. The standard InChI is InChI=1S/C20H18BrNO4/c1-11(2)14-6-4-5-7-16(14)22-19(23)15-9-12-8-13(21)10-17(25-3)18(12)26-20(15)24/h4-11H,1-3H3,(H,22,23). The monoisotopic (exact) mass is 415 g/mol. The van der Waals surface area contributed by atoms with E-state index in [0.29, 0.717) is 22.4 Å². The van der Waals surface area contributed by atoms with Crippen LogP contribution in [-0.4, -0.2) is 13.0 Å². The van der Waals surface area contributed by atoms with E-state index in [0.717, 1.165) is 10.0 Å². The van der Waals surface area contributed by atoms with Gasteiger partial charge in [0.15, 0.2) is 11.3 Å². The second-order valence-electron chi connectivity index (χ2n) is 6.17. The molecule has 0 saturated heterocycles. The normalized spacial score (nSPS) is 11.0. The maximum absolute atomic E-state index is 12.7. The molecule has 0 fully saturated rings. The van der Waals surface area contributed by atoms with E-state index in [2.05, 4.69) is 21.2 Å². The largest absolute Gasteiger partial charge is 0.493 e. The average Bonchev–Trinajstić information content (AvgIpc) is 2.61. The Hall–Kier alpha value is -2.60. The van der Waals surface area contributed by atoms with E-state index in [1.807, 2.05) is 38.1 Å². The third kappa shape index (κ3) is 3.51. The minimum absolute atomic E-state index is 0.0591. The second kappa shape index (κ2) is 7.33. The van der Waals surface area contributed by atoms with Crippen LogP contribution in [0.5, 0.6) is 5.75 Å². The van der Waals surface area contributed by atoms with Crippen LogP contribution in [0.2, 0.25) is 0 Å². The molecule has 0 radical (unpaired) electrons. The van der Waals surface area contributed by atoms with E-state index in [1.165, 1.54) is 13.2 Å². The highest BCUT2D eigenvalue weighted by Gasteiger charge is 2.18. The molecular weight excluding hydrogens is 398 g/mol. The van der Waals surface area contributed by atoms with Gasteiger partial charge in [0.1, 0.15) is 5.56 Å². The quantitative estimate of drug-likeness (QED) is 0.612. The number of carbonyl (C=O) groups excluding carboxylic acids is 1. The summed E-state index contributed by atoms with van der Waals surface area (Å²) < 4.78 is 11.3. The zero-order valence-corrected chi connectivity index (χ0v) is 16.2. The summed E-state index contributed by atoms with van der Waals surface area (Å²) in [5.41, 5.74) is 1.21. The SMILES string of the molecule is COc1cc(Br)cc2cc(C(=O)Nc3ccccc3C(C)C)c(=O)oc12. The molecule has 26 heavy (non-hydrogen) atoms. The molecule has 0 aliphatic rings. The van der Waals surface area contributed by atoms with Gasteiger partial charge >= 0.3 is 5.63 Å². The van der Waals surface area contributed by atoms with Crippen molar-refractivity contribution in [3.63, 3.8) is 0 Å². The van der Waals surface area contributed by atoms with E-state index in [1.54, 1.807) is 12.1 Å². The Morgan fingerprint density at radius 1 is 1.19 bits per heavy atom. The number of amides is 1. The highest BCUT2D eigenvalue weighted by molar-refractivity contribution is 9.10. The zero-order chi connectivity index (χ0) is 18.8. The van der Waals surface area contributed by atoms with Gasteiger partial charge in [-0.25, -0.2) is 4.79 Å².